The van der Waals surface area contributed by atoms with Gasteiger partial charge in [-0.1, -0.05) is 49.4 Å². The zero-order valence-electron chi connectivity index (χ0n) is 16.5. The lowest BCUT2D eigenvalue weighted by atomic mass is 9.78. The third-order valence-corrected chi connectivity index (χ3v) is 5.66. The van der Waals surface area contributed by atoms with Crippen LogP contribution >= 0.6 is 0 Å². The predicted molar refractivity (Wildman–Crippen MR) is 110 cm³/mol. The van der Waals surface area contributed by atoms with Gasteiger partial charge in [-0.15, -0.1) is 0 Å². The maximum absolute atomic E-state index is 12.8. The summed E-state index contributed by atoms with van der Waals surface area (Å²) in [6.45, 7) is 1.58. The van der Waals surface area contributed by atoms with Gasteiger partial charge in [-0.3, -0.25) is 19.3 Å². The average molecular weight is 403 g/mol. The number of hydrogen-bond acceptors (Lipinski definition) is 5. The Labute approximate surface area is 174 Å². The summed E-state index contributed by atoms with van der Waals surface area (Å²) >= 11 is 0. The number of amides is 2. The van der Waals surface area contributed by atoms with Gasteiger partial charge in [-0.05, 0) is 36.6 Å². The van der Waals surface area contributed by atoms with Crippen LogP contribution in [0.3, 0.4) is 0 Å². The van der Waals surface area contributed by atoms with Crippen LogP contribution in [0.4, 0.5) is 5.69 Å². The second-order valence-electron chi connectivity index (χ2n) is 7.58. The number of hydrogen-bond donors (Lipinski definition) is 0. The number of ether oxygens (including phenoxy) is 1. The van der Waals surface area contributed by atoms with Gasteiger partial charge in [0, 0.05) is 5.56 Å². The molecule has 2 aliphatic rings. The molecule has 0 bridgehead atoms. The quantitative estimate of drug-likeness (QED) is 0.331. The van der Waals surface area contributed by atoms with E-state index in [1.54, 1.807) is 42.5 Å². The summed E-state index contributed by atoms with van der Waals surface area (Å²) in [7, 11) is 0. The number of esters is 1. The van der Waals surface area contributed by atoms with Crippen LogP contribution in [0, 0.1) is 17.8 Å². The second kappa shape index (κ2) is 8.06. The van der Waals surface area contributed by atoms with Crippen molar-refractivity contribution in [2.24, 2.45) is 17.8 Å². The monoisotopic (exact) mass is 403 g/mol. The SMILES string of the molecule is C[C@H]1C=CC[C@H]2C(=O)N(c3ccc(C(=O)OCC(=O)c4ccccc4)cc3)C(=O)[C@H]12. The van der Waals surface area contributed by atoms with Crippen LogP contribution in [0.15, 0.2) is 66.7 Å². The number of anilines is 1. The minimum atomic E-state index is -0.642. The van der Waals surface area contributed by atoms with Crippen molar-refractivity contribution in [2.75, 3.05) is 11.5 Å². The molecule has 2 amide bonds. The van der Waals surface area contributed by atoms with Gasteiger partial charge in [0.25, 0.3) is 0 Å². The number of benzene rings is 2. The number of imide groups is 1. The highest BCUT2D eigenvalue weighted by Gasteiger charge is 2.50. The van der Waals surface area contributed by atoms with E-state index in [2.05, 4.69) is 0 Å². The fourth-order valence-corrected chi connectivity index (χ4v) is 4.07. The van der Waals surface area contributed by atoms with E-state index in [-0.39, 0.29) is 47.5 Å². The van der Waals surface area contributed by atoms with Crippen molar-refractivity contribution >= 4 is 29.3 Å². The molecule has 1 saturated heterocycles. The van der Waals surface area contributed by atoms with Gasteiger partial charge < -0.3 is 4.74 Å². The van der Waals surface area contributed by atoms with E-state index in [0.29, 0.717) is 17.7 Å². The number of allylic oxidation sites excluding steroid dienone is 2. The van der Waals surface area contributed by atoms with Gasteiger partial charge in [0.1, 0.15) is 0 Å². The summed E-state index contributed by atoms with van der Waals surface area (Å²) in [5.41, 5.74) is 1.14. The van der Waals surface area contributed by atoms with Crippen molar-refractivity contribution in [2.45, 2.75) is 13.3 Å². The molecule has 6 heteroatoms. The molecule has 152 valence electrons. The van der Waals surface area contributed by atoms with Crippen LogP contribution < -0.4 is 4.90 Å². The number of fused-ring (bicyclic) bond motifs is 1. The highest BCUT2D eigenvalue weighted by molar-refractivity contribution is 6.22. The summed E-state index contributed by atoms with van der Waals surface area (Å²) in [5.74, 6) is -1.99. The molecule has 0 radical (unpaired) electrons. The van der Waals surface area contributed by atoms with Crippen LogP contribution in [0.1, 0.15) is 34.1 Å². The van der Waals surface area contributed by atoms with Crippen LogP contribution in [0.25, 0.3) is 0 Å². The Bertz CT molecular complexity index is 1030. The standard InChI is InChI=1S/C24H21NO5/c1-15-6-5-9-19-21(15)23(28)25(22(19)27)18-12-10-17(11-13-18)24(29)30-14-20(26)16-7-3-2-4-8-16/h2-8,10-13,15,19,21H,9,14H2,1H3/t15-,19+,21+/m0/s1. The van der Waals surface area contributed by atoms with E-state index in [0.717, 1.165) is 0 Å². The first-order valence-corrected chi connectivity index (χ1v) is 9.87. The lowest BCUT2D eigenvalue weighted by Gasteiger charge is -2.22. The summed E-state index contributed by atoms with van der Waals surface area (Å²) in [6.07, 6.45) is 4.50. The molecule has 4 rings (SSSR count). The molecule has 0 saturated carbocycles. The Kier molecular flexibility index (Phi) is 5.31. The molecule has 1 aliphatic heterocycles. The Morgan fingerprint density at radius 3 is 2.33 bits per heavy atom. The normalized spacial score (nSPS) is 22.7. The molecule has 1 aliphatic carbocycles. The first kappa shape index (κ1) is 19.8. The zero-order chi connectivity index (χ0) is 21.3. The minimum Gasteiger partial charge on any atom is -0.454 e. The molecular weight excluding hydrogens is 382 g/mol. The van der Waals surface area contributed by atoms with E-state index in [4.69, 9.17) is 4.74 Å². The maximum atomic E-state index is 12.8. The minimum absolute atomic E-state index is 0.0154. The number of rotatable bonds is 5. The van der Waals surface area contributed by atoms with Gasteiger partial charge in [-0.25, -0.2) is 4.79 Å². The van der Waals surface area contributed by atoms with Crippen molar-refractivity contribution in [3.63, 3.8) is 0 Å². The van der Waals surface area contributed by atoms with Gasteiger partial charge in [0.15, 0.2) is 12.4 Å². The van der Waals surface area contributed by atoms with E-state index < -0.39 is 5.97 Å². The summed E-state index contributed by atoms with van der Waals surface area (Å²) in [5, 5.41) is 0. The zero-order valence-corrected chi connectivity index (χ0v) is 16.5. The van der Waals surface area contributed by atoms with Crippen LogP contribution in [-0.2, 0) is 14.3 Å². The first-order chi connectivity index (χ1) is 14.5. The summed E-state index contributed by atoms with van der Waals surface area (Å²) in [4.78, 5) is 51.1. The molecule has 2 aromatic rings. The number of carbonyl (C=O) groups is 4. The summed E-state index contributed by atoms with van der Waals surface area (Å²) < 4.78 is 5.10. The van der Waals surface area contributed by atoms with Gasteiger partial charge in [-0.2, -0.15) is 0 Å². The maximum Gasteiger partial charge on any atom is 0.338 e. The Hall–Kier alpha value is -3.54. The van der Waals surface area contributed by atoms with Gasteiger partial charge in [0.05, 0.1) is 23.1 Å². The highest BCUT2D eigenvalue weighted by Crippen LogP contribution is 2.40. The highest BCUT2D eigenvalue weighted by atomic mass is 16.5. The van der Waals surface area contributed by atoms with E-state index in [1.165, 1.54) is 17.0 Å². The number of ketones is 1. The Morgan fingerprint density at radius 1 is 0.967 bits per heavy atom. The molecular formula is C24H21NO5. The smallest absolute Gasteiger partial charge is 0.338 e. The molecule has 30 heavy (non-hydrogen) atoms. The lowest BCUT2D eigenvalue weighted by molar-refractivity contribution is -0.122. The lowest BCUT2D eigenvalue weighted by Crippen LogP contribution is -2.31. The third-order valence-electron chi connectivity index (χ3n) is 5.66. The first-order valence-electron chi connectivity index (χ1n) is 9.87. The van der Waals surface area contributed by atoms with Crippen molar-refractivity contribution in [1.82, 2.24) is 0 Å². The van der Waals surface area contributed by atoms with Crippen molar-refractivity contribution in [1.29, 1.82) is 0 Å². The molecule has 0 spiro atoms. The number of Topliss-reactive ketones (excluding diaryl/α,β-unsaturated/α-hetero) is 1. The molecule has 3 atom stereocenters. The van der Waals surface area contributed by atoms with Gasteiger partial charge in [0.2, 0.25) is 11.8 Å². The topological polar surface area (TPSA) is 80.8 Å². The van der Waals surface area contributed by atoms with Crippen LogP contribution in [0.5, 0.6) is 0 Å². The Morgan fingerprint density at radius 2 is 1.67 bits per heavy atom. The van der Waals surface area contributed by atoms with Crippen LogP contribution in [0.2, 0.25) is 0 Å². The third kappa shape index (κ3) is 3.56. The fourth-order valence-electron chi connectivity index (χ4n) is 4.07. The Balaban J connectivity index is 1.43. The molecule has 0 N–H and O–H groups in total. The van der Waals surface area contributed by atoms with Crippen molar-refractivity contribution in [3.8, 4) is 0 Å². The summed E-state index contributed by atoms with van der Waals surface area (Å²) in [6, 6.07) is 14.7. The molecule has 1 fully saturated rings. The van der Waals surface area contributed by atoms with Gasteiger partial charge >= 0.3 is 5.97 Å². The number of nitrogens with zero attached hydrogens (tertiary/aromatic N) is 1. The molecule has 1 heterocycles. The van der Waals surface area contributed by atoms with E-state index in [9.17, 15) is 19.2 Å². The average Bonchev–Trinajstić information content (AvgIpc) is 3.03. The van der Waals surface area contributed by atoms with Crippen LogP contribution in [-0.4, -0.2) is 30.2 Å². The molecule has 0 unspecified atom stereocenters. The second-order valence-corrected chi connectivity index (χ2v) is 7.58. The largest absolute Gasteiger partial charge is 0.454 e. The molecule has 2 aromatic carbocycles. The number of carbonyl (C=O) groups excluding carboxylic acids is 4. The van der Waals surface area contributed by atoms with E-state index in [1.807, 2.05) is 19.1 Å². The predicted octanol–water partition coefficient (Wildman–Crippen LogP) is 3.43. The molecule has 6 nitrogen and oxygen atoms in total. The van der Waals surface area contributed by atoms with Crippen molar-refractivity contribution < 1.29 is 23.9 Å². The van der Waals surface area contributed by atoms with E-state index >= 15 is 0 Å². The molecule has 0 aromatic heterocycles. The fraction of sp³-hybridized carbons (Fsp3) is 0.250. The van der Waals surface area contributed by atoms with Crippen molar-refractivity contribution in [3.05, 3.63) is 77.9 Å².